The number of carbonyl (C=O) groups excluding carboxylic acids is 1. The maximum Gasteiger partial charge on any atom is 0.189 e. The zero-order valence-corrected chi connectivity index (χ0v) is 12.8. The smallest absolute Gasteiger partial charge is 0.189 e. The molecule has 0 saturated carbocycles. The predicted molar refractivity (Wildman–Crippen MR) is 84.4 cm³/mol. The number of ketones is 1. The van der Waals surface area contributed by atoms with Crippen LogP contribution in [0.15, 0.2) is 24.3 Å². The van der Waals surface area contributed by atoms with Gasteiger partial charge in [-0.1, -0.05) is 0 Å². The van der Waals surface area contributed by atoms with Gasteiger partial charge >= 0.3 is 0 Å². The summed E-state index contributed by atoms with van der Waals surface area (Å²) in [5.41, 5.74) is 0.498. The van der Waals surface area contributed by atoms with Crippen LogP contribution in [-0.2, 0) is 12.0 Å². The molecule has 2 aromatic rings. The van der Waals surface area contributed by atoms with Crippen molar-refractivity contribution in [3.05, 3.63) is 41.0 Å². The van der Waals surface area contributed by atoms with Crippen molar-refractivity contribution < 1.29 is 24.5 Å². The van der Waals surface area contributed by atoms with Crippen LogP contribution < -0.4 is 9.47 Å². The first-order valence-corrected chi connectivity index (χ1v) is 7.40. The molecule has 0 fully saturated rings. The first-order valence-electron chi connectivity index (χ1n) is 7.40. The highest BCUT2D eigenvalue weighted by Crippen LogP contribution is 2.52. The number of phenols is 1. The molecule has 2 aromatic carbocycles. The quantitative estimate of drug-likeness (QED) is 0.891. The lowest BCUT2D eigenvalue weighted by molar-refractivity contribution is 0.0719. The lowest BCUT2D eigenvalue weighted by atomic mass is 9.72. The number of aliphatic hydroxyl groups is 1. The molecule has 4 rings (SSSR count). The number of methoxy groups -OCH3 is 2. The van der Waals surface area contributed by atoms with E-state index >= 15 is 0 Å². The summed E-state index contributed by atoms with van der Waals surface area (Å²) < 4.78 is 10.6. The fourth-order valence-electron chi connectivity index (χ4n) is 3.73. The molecule has 0 heterocycles. The second kappa shape index (κ2) is 4.49. The number of allylic oxidation sites excluding steroid dienone is 1. The van der Waals surface area contributed by atoms with Crippen LogP contribution in [0.25, 0.3) is 10.8 Å². The zero-order chi connectivity index (χ0) is 16.4. The van der Waals surface area contributed by atoms with Gasteiger partial charge < -0.3 is 19.7 Å². The van der Waals surface area contributed by atoms with Crippen molar-refractivity contribution in [1.82, 2.24) is 0 Å². The van der Waals surface area contributed by atoms with Crippen molar-refractivity contribution in [1.29, 1.82) is 0 Å². The van der Waals surface area contributed by atoms with E-state index in [0.717, 1.165) is 5.56 Å². The van der Waals surface area contributed by atoms with Crippen LogP contribution in [0.5, 0.6) is 17.2 Å². The van der Waals surface area contributed by atoms with Gasteiger partial charge in [-0.15, -0.1) is 0 Å². The van der Waals surface area contributed by atoms with Crippen molar-refractivity contribution in [2.45, 2.75) is 18.4 Å². The molecular weight excluding hydrogens is 296 g/mol. The molecule has 5 heteroatoms. The summed E-state index contributed by atoms with van der Waals surface area (Å²) in [7, 11) is 2.96. The summed E-state index contributed by atoms with van der Waals surface area (Å²) in [4.78, 5) is 12.4. The summed E-state index contributed by atoms with van der Waals surface area (Å²) in [6.45, 7) is 0. The largest absolute Gasteiger partial charge is 0.504 e. The summed E-state index contributed by atoms with van der Waals surface area (Å²) in [6.07, 6.45) is 3.99. The molecule has 0 aliphatic heterocycles. The molecule has 2 aliphatic carbocycles. The van der Waals surface area contributed by atoms with Gasteiger partial charge in [0, 0.05) is 10.9 Å². The number of hydrogen-bond acceptors (Lipinski definition) is 5. The van der Waals surface area contributed by atoms with Gasteiger partial charge in [0.1, 0.15) is 11.4 Å². The van der Waals surface area contributed by atoms with Gasteiger partial charge in [0.25, 0.3) is 0 Å². The Bertz CT molecular complexity index is 896. The normalized spacial score (nSPS) is 21.6. The number of rotatable bonds is 2. The van der Waals surface area contributed by atoms with E-state index in [1.807, 2.05) is 6.07 Å². The molecule has 0 spiro atoms. The van der Waals surface area contributed by atoms with Crippen LogP contribution in [0.1, 0.15) is 27.9 Å². The highest BCUT2D eigenvalue weighted by atomic mass is 16.5. The average molecular weight is 312 g/mol. The molecule has 1 unspecified atom stereocenters. The first kappa shape index (κ1) is 14.1. The first-order chi connectivity index (χ1) is 11.0. The number of ether oxygens (including phenoxy) is 2. The SMILES string of the molecule is COc1cc2c3c4c(c(OC)c(O)c3c1)C(=O)C=CC4(O)CC2. The van der Waals surface area contributed by atoms with Crippen molar-refractivity contribution in [2.24, 2.45) is 0 Å². The lowest BCUT2D eigenvalue weighted by Crippen LogP contribution is -2.33. The minimum absolute atomic E-state index is 0.0985. The molecule has 118 valence electrons. The second-order valence-electron chi connectivity index (χ2n) is 5.96. The number of benzene rings is 2. The van der Waals surface area contributed by atoms with Crippen LogP contribution in [0, 0.1) is 0 Å². The maximum absolute atomic E-state index is 12.4. The van der Waals surface area contributed by atoms with E-state index < -0.39 is 5.60 Å². The Kier molecular flexibility index (Phi) is 2.75. The number of phenolic OH excluding ortho intramolecular Hbond substituents is 1. The van der Waals surface area contributed by atoms with Crippen LogP contribution in [-0.4, -0.2) is 30.2 Å². The fourth-order valence-corrected chi connectivity index (χ4v) is 3.73. The van der Waals surface area contributed by atoms with Crippen molar-refractivity contribution in [3.63, 3.8) is 0 Å². The minimum Gasteiger partial charge on any atom is -0.504 e. The Morgan fingerprint density at radius 2 is 2.00 bits per heavy atom. The summed E-state index contributed by atoms with van der Waals surface area (Å²) in [6, 6.07) is 3.59. The van der Waals surface area contributed by atoms with E-state index in [1.54, 1.807) is 19.3 Å². The van der Waals surface area contributed by atoms with E-state index in [9.17, 15) is 15.0 Å². The Balaban J connectivity index is 2.26. The molecule has 23 heavy (non-hydrogen) atoms. The summed E-state index contributed by atoms with van der Waals surface area (Å²) in [5, 5.41) is 22.9. The van der Waals surface area contributed by atoms with E-state index in [1.165, 1.54) is 13.2 Å². The predicted octanol–water partition coefficient (Wildman–Crippen LogP) is 2.45. The molecule has 0 amide bonds. The van der Waals surface area contributed by atoms with Crippen molar-refractivity contribution in [3.8, 4) is 17.2 Å². The topological polar surface area (TPSA) is 76.0 Å². The third-order valence-electron chi connectivity index (χ3n) is 4.80. The number of aryl methyl sites for hydroxylation is 1. The van der Waals surface area contributed by atoms with Crippen LogP contribution in [0.3, 0.4) is 0 Å². The fraction of sp³-hybridized carbons (Fsp3) is 0.278. The van der Waals surface area contributed by atoms with E-state index in [2.05, 4.69) is 0 Å². The summed E-state index contributed by atoms with van der Waals surface area (Å²) >= 11 is 0. The molecule has 1 atom stereocenters. The lowest BCUT2D eigenvalue weighted by Gasteiger charge is -2.36. The monoisotopic (exact) mass is 312 g/mol. The third kappa shape index (κ3) is 1.68. The minimum atomic E-state index is -1.22. The Hall–Kier alpha value is -2.53. The van der Waals surface area contributed by atoms with E-state index in [-0.39, 0.29) is 22.8 Å². The molecular formula is C18H16O5. The number of aromatic hydroxyl groups is 1. The second-order valence-corrected chi connectivity index (χ2v) is 5.96. The van der Waals surface area contributed by atoms with E-state index in [0.29, 0.717) is 34.9 Å². The Morgan fingerprint density at radius 3 is 2.70 bits per heavy atom. The number of carbonyl (C=O) groups is 1. The Labute approximate surface area is 132 Å². The number of hydrogen-bond donors (Lipinski definition) is 2. The van der Waals surface area contributed by atoms with Gasteiger partial charge in [-0.05, 0) is 48.1 Å². The molecule has 2 N–H and O–H groups in total. The van der Waals surface area contributed by atoms with Gasteiger partial charge in [0.2, 0.25) is 0 Å². The highest BCUT2D eigenvalue weighted by Gasteiger charge is 2.42. The Morgan fingerprint density at radius 1 is 1.22 bits per heavy atom. The summed E-state index contributed by atoms with van der Waals surface area (Å²) in [5.74, 6) is 0.339. The molecule has 0 radical (unpaired) electrons. The van der Waals surface area contributed by atoms with Crippen LogP contribution >= 0.6 is 0 Å². The zero-order valence-electron chi connectivity index (χ0n) is 12.8. The van der Waals surface area contributed by atoms with Crippen LogP contribution in [0.2, 0.25) is 0 Å². The van der Waals surface area contributed by atoms with Gasteiger partial charge in [0.05, 0.1) is 19.8 Å². The van der Waals surface area contributed by atoms with Crippen LogP contribution in [0.4, 0.5) is 0 Å². The molecule has 0 aromatic heterocycles. The molecule has 2 aliphatic rings. The van der Waals surface area contributed by atoms with Gasteiger partial charge in [-0.3, -0.25) is 4.79 Å². The molecule has 0 bridgehead atoms. The van der Waals surface area contributed by atoms with Gasteiger partial charge in [-0.2, -0.15) is 0 Å². The standard InChI is InChI=1S/C18H16O5/c1-22-10-7-9-3-5-18(21)6-4-12(19)14-15(18)13(9)11(8-10)16(20)17(14)23-2/h4,6-8,20-21H,3,5H2,1-2H3. The molecule has 5 nitrogen and oxygen atoms in total. The van der Waals surface area contributed by atoms with E-state index in [4.69, 9.17) is 9.47 Å². The highest BCUT2D eigenvalue weighted by molar-refractivity contribution is 6.15. The van der Waals surface area contributed by atoms with Gasteiger partial charge in [0.15, 0.2) is 17.3 Å². The third-order valence-corrected chi connectivity index (χ3v) is 4.80. The van der Waals surface area contributed by atoms with Crippen molar-refractivity contribution in [2.75, 3.05) is 14.2 Å². The van der Waals surface area contributed by atoms with Gasteiger partial charge in [-0.25, -0.2) is 0 Å². The molecule has 0 saturated heterocycles. The van der Waals surface area contributed by atoms with Crippen molar-refractivity contribution >= 4 is 16.6 Å². The average Bonchev–Trinajstić information content (AvgIpc) is 2.56. The maximum atomic E-state index is 12.4.